The molecule has 2 atom stereocenters. The monoisotopic (exact) mass is 217 g/mol. The molecule has 2 unspecified atom stereocenters. The highest BCUT2D eigenvalue weighted by atomic mass is 16.5. The van der Waals surface area contributed by atoms with Crippen molar-refractivity contribution in [3.8, 4) is 0 Å². The van der Waals surface area contributed by atoms with Gasteiger partial charge in [-0.2, -0.15) is 0 Å². The summed E-state index contributed by atoms with van der Waals surface area (Å²) in [5, 5.41) is 0. The summed E-state index contributed by atoms with van der Waals surface area (Å²) in [6.07, 6.45) is 5.16. The van der Waals surface area contributed by atoms with E-state index in [1.54, 1.807) is 0 Å². The normalized spacial score (nSPS) is 15.2. The highest BCUT2D eigenvalue weighted by Gasteiger charge is 2.03. The van der Waals surface area contributed by atoms with Gasteiger partial charge in [-0.1, -0.05) is 26.2 Å². The molecule has 0 aliphatic rings. The minimum atomic E-state index is 0.108. The van der Waals surface area contributed by atoms with Crippen molar-refractivity contribution in [2.45, 2.75) is 58.6 Å². The van der Waals surface area contributed by atoms with Crippen LogP contribution in [0.25, 0.3) is 0 Å². The zero-order valence-electron chi connectivity index (χ0n) is 10.5. The molecular formula is C12H27NO2. The van der Waals surface area contributed by atoms with E-state index in [4.69, 9.17) is 15.2 Å². The number of rotatable bonds is 10. The van der Waals surface area contributed by atoms with E-state index in [-0.39, 0.29) is 12.1 Å². The van der Waals surface area contributed by atoms with Crippen LogP contribution in [0.4, 0.5) is 0 Å². The Morgan fingerprint density at radius 2 is 1.80 bits per heavy atom. The van der Waals surface area contributed by atoms with Gasteiger partial charge in [-0.05, 0) is 20.3 Å². The molecule has 0 fully saturated rings. The first-order valence-electron chi connectivity index (χ1n) is 6.11. The van der Waals surface area contributed by atoms with Crippen LogP contribution in [0.5, 0.6) is 0 Å². The van der Waals surface area contributed by atoms with E-state index in [1.165, 1.54) is 19.3 Å². The second-order valence-electron chi connectivity index (χ2n) is 4.26. The molecule has 0 rings (SSSR count). The van der Waals surface area contributed by atoms with Crippen molar-refractivity contribution in [1.29, 1.82) is 0 Å². The highest BCUT2D eigenvalue weighted by molar-refractivity contribution is 4.53. The molecule has 3 heteroatoms. The standard InChI is InChI=1S/C12H27NO2/c1-4-5-6-7-8-14-10-12(3)15-9-11(2)13/h11-12H,4-10,13H2,1-3H3. The van der Waals surface area contributed by atoms with Crippen molar-refractivity contribution in [1.82, 2.24) is 0 Å². The SMILES string of the molecule is CCCCCCOCC(C)OCC(C)N. The van der Waals surface area contributed by atoms with Crippen LogP contribution < -0.4 is 5.73 Å². The van der Waals surface area contributed by atoms with Gasteiger partial charge in [0.15, 0.2) is 0 Å². The van der Waals surface area contributed by atoms with Crippen LogP contribution in [0.3, 0.4) is 0 Å². The fourth-order valence-corrected chi connectivity index (χ4v) is 1.24. The number of unbranched alkanes of at least 4 members (excludes halogenated alkanes) is 3. The summed E-state index contributed by atoms with van der Waals surface area (Å²) in [6.45, 7) is 8.32. The Bertz CT molecular complexity index is 129. The topological polar surface area (TPSA) is 44.5 Å². The largest absolute Gasteiger partial charge is 0.379 e. The van der Waals surface area contributed by atoms with Crippen molar-refractivity contribution in [3.05, 3.63) is 0 Å². The molecule has 0 aliphatic carbocycles. The van der Waals surface area contributed by atoms with Crippen molar-refractivity contribution >= 4 is 0 Å². The van der Waals surface area contributed by atoms with E-state index in [2.05, 4.69) is 6.92 Å². The van der Waals surface area contributed by atoms with Crippen LogP contribution in [0.2, 0.25) is 0 Å². The van der Waals surface area contributed by atoms with Crippen molar-refractivity contribution < 1.29 is 9.47 Å². The molecule has 0 amide bonds. The van der Waals surface area contributed by atoms with E-state index in [9.17, 15) is 0 Å². The van der Waals surface area contributed by atoms with Crippen molar-refractivity contribution in [3.63, 3.8) is 0 Å². The van der Waals surface area contributed by atoms with Gasteiger partial charge in [0.05, 0.1) is 19.3 Å². The molecule has 0 saturated heterocycles. The maximum Gasteiger partial charge on any atom is 0.0781 e. The molecule has 92 valence electrons. The third kappa shape index (κ3) is 11.8. The summed E-state index contributed by atoms with van der Waals surface area (Å²) >= 11 is 0. The molecule has 15 heavy (non-hydrogen) atoms. The van der Waals surface area contributed by atoms with Gasteiger partial charge in [0, 0.05) is 12.6 Å². The number of hydrogen-bond donors (Lipinski definition) is 1. The lowest BCUT2D eigenvalue weighted by molar-refractivity contribution is -0.0107. The minimum absolute atomic E-state index is 0.108. The Labute approximate surface area is 94.3 Å². The first-order valence-corrected chi connectivity index (χ1v) is 6.11. The summed E-state index contributed by atoms with van der Waals surface area (Å²) in [5.74, 6) is 0. The summed E-state index contributed by atoms with van der Waals surface area (Å²) < 4.78 is 11.0. The molecule has 0 radical (unpaired) electrons. The van der Waals surface area contributed by atoms with E-state index in [0.717, 1.165) is 13.0 Å². The predicted molar refractivity (Wildman–Crippen MR) is 64.0 cm³/mol. The van der Waals surface area contributed by atoms with Crippen LogP contribution in [0.1, 0.15) is 46.5 Å². The van der Waals surface area contributed by atoms with Gasteiger partial charge >= 0.3 is 0 Å². The lowest BCUT2D eigenvalue weighted by atomic mass is 10.2. The number of ether oxygens (including phenoxy) is 2. The van der Waals surface area contributed by atoms with Gasteiger partial charge in [-0.15, -0.1) is 0 Å². The minimum Gasteiger partial charge on any atom is -0.379 e. The Hall–Kier alpha value is -0.120. The first kappa shape index (κ1) is 14.9. The quantitative estimate of drug-likeness (QED) is 0.571. The first-order chi connectivity index (χ1) is 7.16. The Morgan fingerprint density at radius 3 is 2.40 bits per heavy atom. The Kier molecular flexibility index (Phi) is 10.3. The average molecular weight is 217 g/mol. The second-order valence-corrected chi connectivity index (χ2v) is 4.26. The Balaban J connectivity index is 3.13. The maximum atomic E-state index is 5.58. The van der Waals surface area contributed by atoms with Gasteiger partial charge in [-0.25, -0.2) is 0 Å². The van der Waals surface area contributed by atoms with Crippen molar-refractivity contribution in [2.24, 2.45) is 5.73 Å². The van der Waals surface area contributed by atoms with Crippen LogP contribution in [0.15, 0.2) is 0 Å². The lowest BCUT2D eigenvalue weighted by Gasteiger charge is -2.14. The molecule has 0 aliphatic heterocycles. The molecular weight excluding hydrogens is 190 g/mol. The van der Waals surface area contributed by atoms with Gasteiger partial charge < -0.3 is 15.2 Å². The fraction of sp³-hybridized carbons (Fsp3) is 1.00. The van der Waals surface area contributed by atoms with Crippen LogP contribution in [0, 0.1) is 0 Å². The van der Waals surface area contributed by atoms with E-state index in [0.29, 0.717) is 13.2 Å². The Morgan fingerprint density at radius 1 is 1.07 bits per heavy atom. The number of nitrogens with two attached hydrogens (primary N) is 1. The lowest BCUT2D eigenvalue weighted by Crippen LogP contribution is -2.27. The third-order valence-electron chi connectivity index (χ3n) is 2.14. The smallest absolute Gasteiger partial charge is 0.0781 e. The third-order valence-corrected chi connectivity index (χ3v) is 2.14. The average Bonchev–Trinajstić information content (AvgIpc) is 2.20. The summed E-state index contributed by atoms with van der Waals surface area (Å²) in [7, 11) is 0. The molecule has 2 N–H and O–H groups in total. The molecule has 3 nitrogen and oxygen atoms in total. The zero-order chi connectivity index (χ0) is 11.5. The number of hydrogen-bond acceptors (Lipinski definition) is 3. The van der Waals surface area contributed by atoms with E-state index < -0.39 is 0 Å². The fourth-order valence-electron chi connectivity index (χ4n) is 1.24. The van der Waals surface area contributed by atoms with Gasteiger partial charge in [-0.3, -0.25) is 0 Å². The van der Waals surface area contributed by atoms with Crippen LogP contribution >= 0.6 is 0 Å². The summed E-state index contributed by atoms with van der Waals surface area (Å²) in [6, 6.07) is 0.108. The van der Waals surface area contributed by atoms with Crippen LogP contribution in [-0.4, -0.2) is 32.0 Å². The maximum absolute atomic E-state index is 5.58. The molecule has 0 aromatic rings. The molecule has 0 spiro atoms. The van der Waals surface area contributed by atoms with Crippen molar-refractivity contribution in [2.75, 3.05) is 19.8 Å². The predicted octanol–water partition coefficient (Wildman–Crippen LogP) is 2.34. The summed E-state index contributed by atoms with van der Waals surface area (Å²) in [4.78, 5) is 0. The van der Waals surface area contributed by atoms with Gasteiger partial charge in [0.25, 0.3) is 0 Å². The van der Waals surface area contributed by atoms with E-state index in [1.807, 2.05) is 13.8 Å². The molecule has 0 aromatic heterocycles. The zero-order valence-corrected chi connectivity index (χ0v) is 10.5. The highest BCUT2D eigenvalue weighted by Crippen LogP contribution is 2.00. The molecule has 0 aromatic carbocycles. The molecule has 0 saturated carbocycles. The molecule has 0 bridgehead atoms. The van der Waals surface area contributed by atoms with Crippen LogP contribution in [-0.2, 0) is 9.47 Å². The summed E-state index contributed by atoms with van der Waals surface area (Å²) in [5.41, 5.74) is 5.58. The van der Waals surface area contributed by atoms with E-state index >= 15 is 0 Å². The second kappa shape index (κ2) is 10.4. The molecule has 0 heterocycles. The van der Waals surface area contributed by atoms with Gasteiger partial charge in [0.2, 0.25) is 0 Å². The van der Waals surface area contributed by atoms with Gasteiger partial charge in [0.1, 0.15) is 0 Å².